The fourth-order valence-electron chi connectivity index (χ4n) is 4.33. The van der Waals surface area contributed by atoms with Crippen molar-refractivity contribution in [1.29, 1.82) is 0 Å². The van der Waals surface area contributed by atoms with Crippen molar-refractivity contribution in [1.82, 2.24) is 4.31 Å². The summed E-state index contributed by atoms with van der Waals surface area (Å²) in [7, 11) is -4.00. The molecule has 5 rings (SSSR count). The van der Waals surface area contributed by atoms with Crippen LogP contribution in [0.1, 0.15) is 16.7 Å². The minimum absolute atomic E-state index is 0.0751. The third-order valence-corrected chi connectivity index (χ3v) is 8.13. The molecule has 1 atom stereocenters. The Kier molecular flexibility index (Phi) is 5.67. The molecule has 0 aliphatic carbocycles. The van der Waals surface area contributed by atoms with Crippen LogP contribution in [0, 0.1) is 12.7 Å². The Bertz CT molecular complexity index is 1520. The fraction of sp³-hybridized carbons (Fsp3) is 0.148. The molecule has 5 nitrogen and oxygen atoms in total. The van der Waals surface area contributed by atoms with E-state index in [0.29, 0.717) is 5.56 Å². The van der Waals surface area contributed by atoms with Gasteiger partial charge < -0.3 is 5.32 Å². The number of aryl methyl sites for hydroxylation is 1. The van der Waals surface area contributed by atoms with Crippen molar-refractivity contribution in [3.8, 4) is 0 Å². The molecular weight excluding hydrogens is 451 g/mol. The molecule has 1 heterocycles. The highest BCUT2D eigenvalue weighted by Gasteiger charge is 2.39. The maximum Gasteiger partial charge on any atom is 0.244 e. The van der Waals surface area contributed by atoms with E-state index in [2.05, 4.69) is 5.32 Å². The molecule has 1 N–H and O–H groups in total. The summed E-state index contributed by atoms with van der Waals surface area (Å²) in [5, 5.41) is 4.44. The van der Waals surface area contributed by atoms with Gasteiger partial charge in [0.05, 0.1) is 4.90 Å². The molecule has 1 unspecified atom stereocenters. The van der Waals surface area contributed by atoms with Crippen LogP contribution in [-0.4, -0.2) is 24.7 Å². The van der Waals surface area contributed by atoms with Crippen molar-refractivity contribution in [2.24, 2.45) is 0 Å². The summed E-state index contributed by atoms with van der Waals surface area (Å²) in [5.41, 5.74) is 2.53. The van der Waals surface area contributed by atoms with Crippen LogP contribution in [0.3, 0.4) is 0 Å². The average Bonchev–Trinajstić information content (AvgIpc) is 2.85. The SMILES string of the molecule is Cc1ccc(NC(=O)C2Cc3ccccc3CN2S(=O)(=O)c2ccc3ccccc3c2)cc1F. The molecule has 34 heavy (non-hydrogen) atoms. The largest absolute Gasteiger partial charge is 0.325 e. The van der Waals surface area contributed by atoms with Gasteiger partial charge in [0.2, 0.25) is 15.9 Å². The zero-order valence-corrected chi connectivity index (χ0v) is 19.3. The summed E-state index contributed by atoms with van der Waals surface area (Å²) in [4.78, 5) is 13.5. The molecule has 0 bridgehead atoms. The summed E-state index contributed by atoms with van der Waals surface area (Å²) in [6.07, 6.45) is 0.225. The molecular formula is C27H23FN2O3S. The Labute approximate surface area is 197 Å². The number of benzene rings is 4. The van der Waals surface area contributed by atoms with Crippen LogP contribution < -0.4 is 5.32 Å². The van der Waals surface area contributed by atoms with E-state index in [1.807, 2.05) is 48.5 Å². The van der Waals surface area contributed by atoms with E-state index in [1.165, 1.54) is 10.4 Å². The Hall–Kier alpha value is -3.55. The highest BCUT2D eigenvalue weighted by atomic mass is 32.2. The molecule has 4 aromatic rings. The van der Waals surface area contributed by atoms with Crippen LogP contribution in [0.15, 0.2) is 89.8 Å². The average molecular weight is 475 g/mol. The van der Waals surface area contributed by atoms with Crippen LogP contribution in [0.4, 0.5) is 10.1 Å². The lowest BCUT2D eigenvalue weighted by Gasteiger charge is -2.35. The number of carbonyl (C=O) groups is 1. The number of nitrogens with zero attached hydrogens (tertiary/aromatic N) is 1. The number of hydrogen-bond donors (Lipinski definition) is 1. The molecule has 1 amide bonds. The van der Waals surface area contributed by atoms with E-state index in [0.717, 1.165) is 21.9 Å². The molecule has 4 aromatic carbocycles. The minimum atomic E-state index is -4.00. The molecule has 0 spiro atoms. The van der Waals surface area contributed by atoms with Gasteiger partial charge in [-0.25, -0.2) is 12.8 Å². The van der Waals surface area contributed by atoms with Gasteiger partial charge in [-0.05, 0) is 65.1 Å². The highest BCUT2D eigenvalue weighted by Crippen LogP contribution is 2.31. The maximum absolute atomic E-state index is 14.0. The molecule has 1 aliphatic rings. The van der Waals surface area contributed by atoms with Crippen molar-refractivity contribution in [3.05, 3.63) is 107 Å². The molecule has 0 fully saturated rings. The zero-order chi connectivity index (χ0) is 23.9. The standard InChI is InChI=1S/C27H23FN2O3S/c1-18-10-12-23(16-25(18)28)29-27(31)26-15-21-8-4-5-9-22(21)17-30(26)34(32,33)24-13-11-19-6-2-3-7-20(19)14-24/h2-14,16,26H,15,17H2,1H3,(H,29,31). The van der Waals surface area contributed by atoms with Gasteiger partial charge in [-0.3, -0.25) is 4.79 Å². The lowest BCUT2D eigenvalue weighted by Crippen LogP contribution is -2.50. The fourth-order valence-corrected chi connectivity index (χ4v) is 5.94. The summed E-state index contributed by atoms with van der Waals surface area (Å²) in [5.74, 6) is -0.936. The summed E-state index contributed by atoms with van der Waals surface area (Å²) >= 11 is 0. The Balaban J connectivity index is 1.54. The van der Waals surface area contributed by atoms with E-state index in [-0.39, 0.29) is 23.5 Å². The maximum atomic E-state index is 14.0. The van der Waals surface area contributed by atoms with Crippen molar-refractivity contribution < 1.29 is 17.6 Å². The smallest absolute Gasteiger partial charge is 0.244 e. The van der Waals surface area contributed by atoms with Gasteiger partial charge in [0.25, 0.3) is 0 Å². The topological polar surface area (TPSA) is 66.5 Å². The summed E-state index contributed by atoms with van der Waals surface area (Å²) in [6, 6.07) is 23.5. The Morgan fingerprint density at radius 2 is 1.62 bits per heavy atom. The van der Waals surface area contributed by atoms with Gasteiger partial charge in [-0.1, -0.05) is 60.7 Å². The molecule has 0 saturated carbocycles. The number of carbonyl (C=O) groups excluding carboxylic acids is 1. The van der Waals surface area contributed by atoms with Crippen molar-refractivity contribution in [3.63, 3.8) is 0 Å². The first-order chi connectivity index (χ1) is 16.3. The molecule has 172 valence electrons. The van der Waals surface area contributed by atoms with E-state index >= 15 is 0 Å². The van der Waals surface area contributed by atoms with Gasteiger partial charge in [0, 0.05) is 12.2 Å². The number of nitrogens with one attached hydrogen (secondary N) is 1. The van der Waals surface area contributed by atoms with Crippen LogP contribution >= 0.6 is 0 Å². The predicted molar refractivity (Wildman–Crippen MR) is 130 cm³/mol. The van der Waals surface area contributed by atoms with E-state index in [1.54, 1.807) is 37.3 Å². The van der Waals surface area contributed by atoms with Gasteiger partial charge in [-0.2, -0.15) is 4.31 Å². The second kappa shape index (κ2) is 8.66. The van der Waals surface area contributed by atoms with E-state index in [4.69, 9.17) is 0 Å². The monoisotopic (exact) mass is 474 g/mol. The first kappa shape index (κ1) is 22.3. The van der Waals surface area contributed by atoms with Crippen LogP contribution in [0.2, 0.25) is 0 Å². The minimum Gasteiger partial charge on any atom is -0.325 e. The van der Waals surface area contributed by atoms with Crippen LogP contribution in [0.25, 0.3) is 10.8 Å². The van der Waals surface area contributed by atoms with Crippen molar-refractivity contribution >= 4 is 32.4 Å². The molecule has 0 aromatic heterocycles. The zero-order valence-electron chi connectivity index (χ0n) is 18.5. The second-order valence-corrected chi connectivity index (χ2v) is 10.4. The Morgan fingerprint density at radius 1 is 0.912 bits per heavy atom. The lowest BCUT2D eigenvalue weighted by atomic mass is 9.95. The normalized spacial score (nSPS) is 16.2. The van der Waals surface area contributed by atoms with Crippen LogP contribution in [0.5, 0.6) is 0 Å². The van der Waals surface area contributed by atoms with Gasteiger partial charge in [0.15, 0.2) is 0 Å². The number of hydrogen-bond acceptors (Lipinski definition) is 3. The number of sulfonamides is 1. The van der Waals surface area contributed by atoms with Gasteiger partial charge >= 0.3 is 0 Å². The highest BCUT2D eigenvalue weighted by molar-refractivity contribution is 7.89. The summed E-state index contributed by atoms with van der Waals surface area (Å²) in [6.45, 7) is 1.71. The number of rotatable bonds is 4. The van der Waals surface area contributed by atoms with Crippen molar-refractivity contribution in [2.75, 3.05) is 5.32 Å². The number of fused-ring (bicyclic) bond motifs is 2. The van der Waals surface area contributed by atoms with Gasteiger partial charge in [-0.15, -0.1) is 0 Å². The molecule has 0 saturated heterocycles. The first-order valence-corrected chi connectivity index (χ1v) is 12.4. The van der Waals surface area contributed by atoms with Gasteiger partial charge in [0.1, 0.15) is 11.9 Å². The number of amides is 1. The molecule has 0 radical (unpaired) electrons. The van der Waals surface area contributed by atoms with Crippen LogP contribution in [-0.2, 0) is 27.8 Å². The first-order valence-electron chi connectivity index (χ1n) is 11.0. The lowest BCUT2D eigenvalue weighted by molar-refractivity contribution is -0.120. The molecule has 7 heteroatoms. The third-order valence-electron chi connectivity index (χ3n) is 6.27. The number of halogens is 1. The number of anilines is 1. The summed E-state index contributed by atoms with van der Waals surface area (Å²) < 4.78 is 42.9. The Morgan fingerprint density at radius 3 is 2.38 bits per heavy atom. The quantitative estimate of drug-likeness (QED) is 0.451. The predicted octanol–water partition coefficient (Wildman–Crippen LogP) is 5.04. The van der Waals surface area contributed by atoms with Crippen molar-refractivity contribution in [2.45, 2.75) is 30.8 Å². The third kappa shape index (κ3) is 4.08. The van der Waals surface area contributed by atoms with E-state index < -0.39 is 27.8 Å². The second-order valence-electron chi connectivity index (χ2n) is 8.50. The molecule has 1 aliphatic heterocycles. The van der Waals surface area contributed by atoms with E-state index in [9.17, 15) is 17.6 Å².